The van der Waals surface area contributed by atoms with Gasteiger partial charge in [0.05, 0.1) is 18.2 Å². The van der Waals surface area contributed by atoms with Crippen LogP contribution < -0.4 is 14.4 Å². The molecule has 0 radical (unpaired) electrons. The third kappa shape index (κ3) is 7.61. The standard InChI is InChI=1S/C38H35N3O5S2/c1-3-4-22-45-30-20-16-29(17-21-30)34(42)32-33(28-14-18-31(19-15-28)46-23-26-8-6-5-7-9-26)41(36(44)35(32)43)37-39-40-38(48-37)47-24-27-12-10-25(2)11-13-27/h5-21,33,42H,3-4,22-24H2,1-2H3/b34-32+. The smallest absolute Gasteiger partial charge is 0.301 e. The van der Waals surface area contributed by atoms with Crippen LogP contribution in [0, 0.1) is 6.92 Å². The SMILES string of the molecule is CCCCOc1ccc(/C(O)=C2\C(=O)C(=O)N(c3nnc(SCc4ccc(C)cc4)s3)C2c2ccc(OCc3ccccc3)cc2)cc1. The molecule has 1 aromatic heterocycles. The number of rotatable bonds is 13. The first-order chi connectivity index (χ1) is 23.4. The molecule has 1 amide bonds. The number of aromatic nitrogens is 2. The molecule has 1 fully saturated rings. The van der Waals surface area contributed by atoms with E-state index in [1.165, 1.54) is 33.6 Å². The first-order valence-electron chi connectivity index (χ1n) is 15.7. The van der Waals surface area contributed by atoms with Crippen LogP contribution in [0.25, 0.3) is 5.76 Å². The fourth-order valence-electron chi connectivity index (χ4n) is 5.22. The number of Topliss-reactive ketones (excluding diaryl/α,β-unsaturated/α-hetero) is 1. The number of aryl methyl sites for hydroxylation is 1. The summed E-state index contributed by atoms with van der Waals surface area (Å²) in [5, 5.41) is 20.5. The lowest BCUT2D eigenvalue weighted by Gasteiger charge is -2.22. The molecule has 8 nitrogen and oxygen atoms in total. The number of ketones is 1. The van der Waals surface area contributed by atoms with Gasteiger partial charge in [-0.05, 0) is 66.4 Å². The van der Waals surface area contributed by atoms with Crippen LogP contribution in [-0.4, -0.2) is 33.6 Å². The normalized spacial score (nSPS) is 15.5. The van der Waals surface area contributed by atoms with Crippen LogP contribution in [0.4, 0.5) is 5.13 Å². The molecule has 10 heteroatoms. The Kier molecular flexibility index (Phi) is 10.5. The number of thioether (sulfide) groups is 1. The van der Waals surface area contributed by atoms with Crippen molar-refractivity contribution in [2.24, 2.45) is 0 Å². The minimum absolute atomic E-state index is 0.0262. The van der Waals surface area contributed by atoms with Crippen molar-refractivity contribution in [3.63, 3.8) is 0 Å². The largest absolute Gasteiger partial charge is 0.507 e. The van der Waals surface area contributed by atoms with Gasteiger partial charge in [0.15, 0.2) is 4.34 Å². The number of unbranched alkanes of at least 4 members (excludes halogenated alkanes) is 1. The number of aliphatic hydroxyl groups excluding tert-OH is 1. The molecule has 0 spiro atoms. The number of aliphatic hydroxyl groups is 1. The van der Waals surface area contributed by atoms with Gasteiger partial charge in [0.25, 0.3) is 5.78 Å². The second-order valence-electron chi connectivity index (χ2n) is 11.4. The van der Waals surface area contributed by atoms with E-state index in [0.29, 0.717) is 45.9 Å². The van der Waals surface area contributed by atoms with Gasteiger partial charge in [-0.15, -0.1) is 10.2 Å². The van der Waals surface area contributed by atoms with Crippen LogP contribution in [0.1, 0.15) is 53.6 Å². The number of carbonyl (C=O) groups is 2. The minimum atomic E-state index is -0.934. The Morgan fingerprint density at radius 1 is 0.854 bits per heavy atom. The summed E-state index contributed by atoms with van der Waals surface area (Å²) in [6.07, 6.45) is 1.94. The Morgan fingerprint density at radius 2 is 1.54 bits per heavy atom. The molecule has 0 aliphatic carbocycles. The van der Waals surface area contributed by atoms with Crippen LogP contribution >= 0.6 is 23.1 Å². The van der Waals surface area contributed by atoms with Crippen molar-refractivity contribution in [1.29, 1.82) is 0 Å². The van der Waals surface area contributed by atoms with E-state index in [-0.39, 0.29) is 16.5 Å². The van der Waals surface area contributed by atoms with Crippen LogP contribution in [0.15, 0.2) is 113 Å². The molecule has 5 aromatic rings. The lowest BCUT2D eigenvalue weighted by Crippen LogP contribution is -2.29. The Labute approximate surface area is 288 Å². The maximum absolute atomic E-state index is 13.7. The van der Waals surface area contributed by atoms with Crippen molar-refractivity contribution in [1.82, 2.24) is 10.2 Å². The molecule has 1 N–H and O–H groups in total. The van der Waals surface area contributed by atoms with E-state index in [1.807, 2.05) is 37.3 Å². The highest BCUT2D eigenvalue weighted by Crippen LogP contribution is 2.44. The minimum Gasteiger partial charge on any atom is -0.507 e. The predicted octanol–water partition coefficient (Wildman–Crippen LogP) is 8.52. The molecule has 4 aromatic carbocycles. The quantitative estimate of drug-likeness (QED) is 0.0331. The molecule has 244 valence electrons. The zero-order chi connectivity index (χ0) is 33.5. The molecule has 1 atom stereocenters. The van der Waals surface area contributed by atoms with Gasteiger partial charge in [0.2, 0.25) is 5.13 Å². The Morgan fingerprint density at radius 3 is 2.25 bits per heavy atom. The summed E-state index contributed by atoms with van der Waals surface area (Å²) in [5.74, 6) is 0.117. The Balaban J connectivity index is 1.31. The number of hydrogen-bond donors (Lipinski definition) is 1. The average molecular weight is 678 g/mol. The molecule has 1 saturated heterocycles. The second-order valence-corrected chi connectivity index (χ2v) is 13.5. The highest BCUT2D eigenvalue weighted by Gasteiger charge is 2.48. The maximum atomic E-state index is 13.7. The first-order valence-corrected chi connectivity index (χ1v) is 17.5. The number of nitrogens with zero attached hydrogens (tertiary/aromatic N) is 3. The third-order valence-electron chi connectivity index (χ3n) is 7.87. The van der Waals surface area contributed by atoms with Crippen LogP contribution in [0.2, 0.25) is 0 Å². The molecular formula is C38H35N3O5S2. The summed E-state index contributed by atoms with van der Waals surface area (Å²) in [5.41, 5.74) is 4.34. The topological polar surface area (TPSA) is 102 Å². The lowest BCUT2D eigenvalue weighted by molar-refractivity contribution is -0.132. The predicted molar refractivity (Wildman–Crippen MR) is 189 cm³/mol. The summed E-state index contributed by atoms with van der Waals surface area (Å²) in [6, 6.07) is 31.2. The van der Waals surface area contributed by atoms with E-state index < -0.39 is 17.7 Å². The maximum Gasteiger partial charge on any atom is 0.301 e. The Bertz CT molecular complexity index is 1890. The van der Waals surface area contributed by atoms with E-state index >= 15 is 0 Å². The van der Waals surface area contributed by atoms with Crippen molar-refractivity contribution in [2.45, 2.75) is 49.4 Å². The zero-order valence-corrected chi connectivity index (χ0v) is 28.3. The summed E-state index contributed by atoms with van der Waals surface area (Å²) >= 11 is 2.74. The molecule has 1 unspecified atom stereocenters. The van der Waals surface area contributed by atoms with Gasteiger partial charge in [0, 0.05) is 11.3 Å². The van der Waals surface area contributed by atoms with E-state index in [0.717, 1.165) is 24.0 Å². The van der Waals surface area contributed by atoms with Crippen molar-refractivity contribution in [3.05, 3.63) is 137 Å². The molecule has 1 aliphatic heterocycles. The van der Waals surface area contributed by atoms with Crippen molar-refractivity contribution < 1.29 is 24.2 Å². The first kappa shape index (κ1) is 33.0. The zero-order valence-electron chi connectivity index (χ0n) is 26.7. The number of carbonyl (C=O) groups excluding carboxylic acids is 2. The number of benzene rings is 4. The van der Waals surface area contributed by atoms with Gasteiger partial charge in [-0.1, -0.05) is 109 Å². The number of amides is 1. The van der Waals surface area contributed by atoms with E-state index in [4.69, 9.17) is 9.47 Å². The van der Waals surface area contributed by atoms with Gasteiger partial charge in [-0.3, -0.25) is 14.5 Å². The van der Waals surface area contributed by atoms with Crippen molar-refractivity contribution in [2.75, 3.05) is 11.5 Å². The summed E-state index contributed by atoms with van der Waals surface area (Å²) in [6.45, 7) is 5.12. The van der Waals surface area contributed by atoms with Gasteiger partial charge in [-0.2, -0.15) is 0 Å². The van der Waals surface area contributed by atoms with Crippen molar-refractivity contribution >= 4 is 45.7 Å². The Hall–Kier alpha value is -4.93. The molecular weight excluding hydrogens is 643 g/mol. The molecule has 0 bridgehead atoms. The second kappa shape index (κ2) is 15.3. The third-order valence-corrected chi connectivity index (χ3v) is 9.99. The average Bonchev–Trinajstić information content (AvgIpc) is 3.69. The van der Waals surface area contributed by atoms with E-state index in [1.54, 1.807) is 48.5 Å². The van der Waals surface area contributed by atoms with Crippen LogP contribution in [0.3, 0.4) is 0 Å². The lowest BCUT2D eigenvalue weighted by atomic mass is 9.95. The van der Waals surface area contributed by atoms with Crippen molar-refractivity contribution in [3.8, 4) is 11.5 Å². The molecule has 0 saturated carbocycles. The number of hydrogen-bond acceptors (Lipinski definition) is 9. The summed E-state index contributed by atoms with van der Waals surface area (Å²) in [4.78, 5) is 28.7. The molecule has 2 heterocycles. The van der Waals surface area contributed by atoms with Gasteiger partial charge in [0.1, 0.15) is 23.9 Å². The van der Waals surface area contributed by atoms with Gasteiger partial charge in [-0.25, -0.2) is 0 Å². The van der Waals surface area contributed by atoms with Gasteiger partial charge >= 0.3 is 5.91 Å². The van der Waals surface area contributed by atoms with Crippen LogP contribution in [0.5, 0.6) is 11.5 Å². The van der Waals surface area contributed by atoms with Gasteiger partial charge < -0.3 is 14.6 Å². The summed E-state index contributed by atoms with van der Waals surface area (Å²) in [7, 11) is 0. The fraction of sp³-hybridized carbons (Fsp3) is 0.211. The fourth-order valence-corrected chi connectivity index (χ4v) is 7.04. The number of anilines is 1. The van der Waals surface area contributed by atoms with E-state index in [2.05, 4.69) is 41.4 Å². The molecule has 6 rings (SSSR count). The highest BCUT2D eigenvalue weighted by atomic mass is 32.2. The molecule has 1 aliphatic rings. The molecule has 48 heavy (non-hydrogen) atoms. The van der Waals surface area contributed by atoms with E-state index in [9.17, 15) is 14.7 Å². The monoisotopic (exact) mass is 677 g/mol. The van der Waals surface area contributed by atoms with Crippen LogP contribution in [-0.2, 0) is 21.9 Å². The number of ether oxygens (including phenoxy) is 2. The summed E-state index contributed by atoms with van der Waals surface area (Å²) < 4.78 is 12.4. The highest BCUT2D eigenvalue weighted by molar-refractivity contribution is 8.00.